The van der Waals surface area contributed by atoms with Gasteiger partial charge in [0.2, 0.25) is 0 Å². The summed E-state index contributed by atoms with van der Waals surface area (Å²) in [5.41, 5.74) is 0.239. The van der Waals surface area contributed by atoms with Gasteiger partial charge in [-0.1, -0.05) is 15.9 Å². The van der Waals surface area contributed by atoms with Crippen LogP contribution in [0.25, 0.3) is 0 Å². The predicted molar refractivity (Wildman–Crippen MR) is 55.9 cm³/mol. The molecule has 3 N–H and O–H groups in total. The number of rotatable bonds is 3. The highest BCUT2D eigenvalue weighted by atomic mass is 79.9. The van der Waals surface area contributed by atoms with Crippen molar-refractivity contribution in [2.45, 2.75) is 0 Å². The molecule has 1 rings (SSSR count). The number of carbonyl (C=O) groups excluding carboxylic acids is 1. The first kappa shape index (κ1) is 10.8. The molecule has 0 unspecified atom stereocenters. The minimum atomic E-state index is -0.323. The highest BCUT2D eigenvalue weighted by Gasteiger charge is 2.07. The van der Waals surface area contributed by atoms with Gasteiger partial charge in [-0.25, -0.2) is 0 Å². The molecule has 0 saturated heterocycles. The lowest BCUT2D eigenvalue weighted by Crippen LogP contribution is -2.24. The van der Waals surface area contributed by atoms with E-state index < -0.39 is 0 Å². The molecular formula is C9H10BrNO3. The van der Waals surface area contributed by atoms with Crippen LogP contribution in [0.5, 0.6) is 11.5 Å². The molecule has 0 aliphatic heterocycles. The van der Waals surface area contributed by atoms with Crippen LogP contribution >= 0.6 is 15.9 Å². The minimum Gasteiger partial charge on any atom is -0.508 e. The molecule has 76 valence electrons. The summed E-state index contributed by atoms with van der Waals surface area (Å²) in [6.07, 6.45) is 0. The quantitative estimate of drug-likeness (QED) is 0.716. The number of benzene rings is 1. The highest BCUT2D eigenvalue weighted by molar-refractivity contribution is 9.09. The zero-order chi connectivity index (χ0) is 10.6. The number of phenols is 2. The molecule has 1 aromatic carbocycles. The van der Waals surface area contributed by atoms with Crippen LogP contribution in [0.3, 0.4) is 0 Å². The summed E-state index contributed by atoms with van der Waals surface area (Å²) in [4.78, 5) is 11.4. The van der Waals surface area contributed by atoms with Crippen molar-refractivity contribution in [1.82, 2.24) is 5.32 Å². The molecular weight excluding hydrogens is 250 g/mol. The zero-order valence-corrected chi connectivity index (χ0v) is 8.91. The van der Waals surface area contributed by atoms with Crippen LogP contribution in [-0.4, -0.2) is 28.0 Å². The molecule has 0 aliphatic carbocycles. The zero-order valence-electron chi connectivity index (χ0n) is 7.33. The van der Waals surface area contributed by atoms with Gasteiger partial charge in [0.1, 0.15) is 11.5 Å². The van der Waals surface area contributed by atoms with Crippen molar-refractivity contribution in [2.24, 2.45) is 0 Å². The number of alkyl halides is 1. The fourth-order valence-electron chi connectivity index (χ4n) is 0.989. The summed E-state index contributed by atoms with van der Waals surface area (Å²) < 4.78 is 0. The largest absolute Gasteiger partial charge is 0.508 e. The predicted octanol–water partition coefficient (Wildman–Crippen LogP) is 1.22. The molecule has 0 aromatic heterocycles. The number of carbonyl (C=O) groups is 1. The summed E-state index contributed by atoms with van der Waals surface area (Å²) in [5, 5.41) is 21.5. The molecule has 0 saturated carbocycles. The van der Waals surface area contributed by atoms with Crippen LogP contribution in [0.4, 0.5) is 0 Å². The van der Waals surface area contributed by atoms with Crippen LogP contribution < -0.4 is 5.32 Å². The van der Waals surface area contributed by atoms with Crippen LogP contribution in [0.15, 0.2) is 18.2 Å². The van der Waals surface area contributed by atoms with Crippen LogP contribution in [-0.2, 0) is 0 Å². The van der Waals surface area contributed by atoms with E-state index in [-0.39, 0.29) is 23.0 Å². The first-order valence-corrected chi connectivity index (χ1v) is 5.13. The van der Waals surface area contributed by atoms with Gasteiger partial charge in [0.05, 0.1) is 0 Å². The molecule has 0 aliphatic rings. The summed E-state index contributed by atoms with van der Waals surface area (Å²) >= 11 is 3.17. The average molecular weight is 260 g/mol. The van der Waals surface area contributed by atoms with Crippen molar-refractivity contribution in [1.29, 1.82) is 0 Å². The number of amides is 1. The van der Waals surface area contributed by atoms with Gasteiger partial charge < -0.3 is 15.5 Å². The van der Waals surface area contributed by atoms with E-state index >= 15 is 0 Å². The number of halogens is 1. The average Bonchev–Trinajstić information content (AvgIpc) is 2.12. The van der Waals surface area contributed by atoms with Gasteiger partial charge in [-0.05, 0) is 12.1 Å². The molecule has 0 bridgehead atoms. The topological polar surface area (TPSA) is 69.6 Å². The van der Waals surface area contributed by atoms with E-state index in [0.29, 0.717) is 11.9 Å². The Labute approximate surface area is 89.7 Å². The minimum absolute atomic E-state index is 0.131. The first-order valence-electron chi connectivity index (χ1n) is 4.00. The third kappa shape index (κ3) is 2.92. The third-order valence-corrected chi connectivity index (χ3v) is 1.94. The SMILES string of the molecule is O=C(NCCBr)c1cc(O)cc(O)c1. The molecule has 0 heterocycles. The normalized spacial score (nSPS) is 9.79. The van der Waals surface area contributed by atoms with Gasteiger partial charge in [0, 0.05) is 23.5 Å². The summed E-state index contributed by atoms with van der Waals surface area (Å²) in [6.45, 7) is 0.495. The molecule has 1 amide bonds. The third-order valence-electron chi connectivity index (χ3n) is 1.54. The van der Waals surface area contributed by atoms with Crippen LogP contribution in [0.2, 0.25) is 0 Å². The number of aromatic hydroxyl groups is 2. The number of hydrogen-bond acceptors (Lipinski definition) is 3. The molecule has 0 spiro atoms. The van der Waals surface area contributed by atoms with Crippen molar-refractivity contribution in [2.75, 3.05) is 11.9 Å². The Bertz CT molecular complexity index is 321. The van der Waals surface area contributed by atoms with Crippen LogP contribution in [0.1, 0.15) is 10.4 Å². The molecule has 0 atom stereocenters. The van der Waals surface area contributed by atoms with E-state index in [0.717, 1.165) is 0 Å². The molecule has 5 heteroatoms. The fraction of sp³-hybridized carbons (Fsp3) is 0.222. The second-order valence-corrected chi connectivity index (χ2v) is 3.48. The smallest absolute Gasteiger partial charge is 0.251 e. The van der Waals surface area contributed by atoms with Gasteiger partial charge in [-0.2, -0.15) is 0 Å². The Morgan fingerprint density at radius 2 is 1.86 bits per heavy atom. The summed E-state index contributed by atoms with van der Waals surface area (Å²) in [7, 11) is 0. The van der Waals surface area contributed by atoms with Gasteiger partial charge >= 0.3 is 0 Å². The van der Waals surface area contributed by atoms with Gasteiger partial charge in [0.15, 0.2) is 0 Å². The van der Waals surface area contributed by atoms with Crippen molar-refractivity contribution < 1.29 is 15.0 Å². The molecule has 14 heavy (non-hydrogen) atoms. The Morgan fingerprint density at radius 3 is 2.36 bits per heavy atom. The van der Waals surface area contributed by atoms with E-state index in [9.17, 15) is 4.79 Å². The maximum atomic E-state index is 11.4. The Hall–Kier alpha value is -1.23. The van der Waals surface area contributed by atoms with Crippen molar-refractivity contribution in [3.8, 4) is 11.5 Å². The molecule has 4 nitrogen and oxygen atoms in total. The molecule has 0 fully saturated rings. The van der Waals surface area contributed by atoms with Crippen molar-refractivity contribution in [3.05, 3.63) is 23.8 Å². The highest BCUT2D eigenvalue weighted by Crippen LogP contribution is 2.20. The van der Waals surface area contributed by atoms with E-state index in [1.54, 1.807) is 0 Å². The Morgan fingerprint density at radius 1 is 1.29 bits per heavy atom. The van der Waals surface area contributed by atoms with Crippen LogP contribution in [0, 0.1) is 0 Å². The van der Waals surface area contributed by atoms with Crippen molar-refractivity contribution >= 4 is 21.8 Å². The number of nitrogens with one attached hydrogen (secondary N) is 1. The van der Waals surface area contributed by atoms with Gasteiger partial charge in [-0.15, -0.1) is 0 Å². The van der Waals surface area contributed by atoms with E-state index in [1.807, 2.05) is 0 Å². The fourth-order valence-corrected chi connectivity index (χ4v) is 1.19. The van der Waals surface area contributed by atoms with Gasteiger partial charge in [-0.3, -0.25) is 4.79 Å². The van der Waals surface area contributed by atoms with Gasteiger partial charge in [0.25, 0.3) is 5.91 Å². The summed E-state index contributed by atoms with van der Waals surface area (Å²) in [6, 6.07) is 3.76. The standard InChI is InChI=1S/C9H10BrNO3/c10-1-2-11-9(14)6-3-7(12)5-8(13)4-6/h3-5,12-13H,1-2H2,(H,11,14). The second kappa shape index (κ2) is 4.85. The monoisotopic (exact) mass is 259 g/mol. The second-order valence-electron chi connectivity index (χ2n) is 2.68. The lowest BCUT2D eigenvalue weighted by molar-refractivity contribution is 0.0955. The maximum absolute atomic E-state index is 11.4. The lowest BCUT2D eigenvalue weighted by Gasteiger charge is -2.04. The Kier molecular flexibility index (Phi) is 3.76. The Balaban J connectivity index is 2.79. The van der Waals surface area contributed by atoms with E-state index in [4.69, 9.17) is 10.2 Å². The maximum Gasteiger partial charge on any atom is 0.251 e. The lowest BCUT2D eigenvalue weighted by atomic mass is 10.2. The van der Waals surface area contributed by atoms with E-state index in [1.165, 1.54) is 18.2 Å². The molecule has 1 aromatic rings. The number of hydrogen-bond donors (Lipinski definition) is 3. The van der Waals surface area contributed by atoms with Crippen molar-refractivity contribution in [3.63, 3.8) is 0 Å². The summed E-state index contributed by atoms with van der Waals surface area (Å²) in [5.74, 6) is -0.585. The molecule has 0 radical (unpaired) electrons. The van der Waals surface area contributed by atoms with E-state index in [2.05, 4.69) is 21.2 Å². The number of phenolic OH excluding ortho intramolecular Hbond substituents is 2. The first-order chi connectivity index (χ1) is 6.63.